The fraction of sp³-hybridized carbons (Fsp3) is 0.545. The van der Waals surface area contributed by atoms with Crippen LogP contribution in [0, 0.1) is 5.41 Å². The Morgan fingerprint density at radius 2 is 1.96 bits per heavy atom. The lowest BCUT2D eigenvalue weighted by Gasteiger charge is -2.48. The van der Waals surface area contributed by atoms with E-state index in [0.29, 0.717) is 12.3 Å². The van der Waals surface area contributed by atoms with E-state index in [1.807, 2.05) is 6.20 Å². The van der Waals surface area contributed by atoms with Gasteiger partial charge in [-0.1, -0.05) is 30.3 Å². The van der Waals surface area contributed by atoms with Crippen molar-refractivity contribution in [3.05, 3.63) is 54.1 Å². The lowest BCUT2D eigenvalue weighted by molar-refractivity contribution is -0.139. The quantitative estimate of drug-likeness (QED) is 0.855. The molecular formula is C22H30N4O. The van der Waals surface area contributed by atoms with E-state index in [0.717, 1.165) is 51.1 Å². The first-order valence-corrected chi connectivity index (χ1v) is 10.2. The van der Waals surface area contributed by atoms with Crippen LogP contribution in [0.4, 0.5) is 0 Å². The summed E-state index contributed by atoms with van der Waals surface area (Å²) in [6.45, 7) is 5.16. The van der Waals surface area contributed by atoms with Crippen molar-refractivity contribution >= 4 is 5.91 Å². The van der Waals surface area contributed by atoms with Crippen molar-refractivity contribution in [1.29, 1.82) is 0 Å². The second-order valence-corrected chi connectivity index (χ2v) is 8.26. The summed E-state index contributed by atoms with van der Waals surface area (Å²) in [5, 5.41) is 0. The summed E-state index contributed by atoms with van der Waals surface area (Å²) < 4.78 is 0. The molecule has 1 N–H and O–H groups in total. The molecule has 0 aliphatic carbocycles. The molecule has 4 rings (SSSR count). The molecule has 5 heteroatoms. The number of nitrogens with zero attached hydrogens (tertiary/aromatic N) is 3. The molecule has 5 nitrogen and oxygen atoms in total. The van der Waals surface area contributed by atoms with Gasteiger partial charge in [-0.15, -0.1) is 0 Å². The summed E-state index contributed by atoms with van der Waals surface area (Å²) in [5.74, 6) is 0.321. The zero-order valence-corrected chi connectivity index (χ0v) is 16.1. The Bertz CT molecular complexity index is 730. The Balaban J connectivity index is 1.34. The van der Waals surface area contributed by atoms with Crippen molar-refractivity contribution < 1.29 is 4.79 Å². The van der Waals surface area contributed by atoms with Crippen molar-refractivity contribution in [2.24, 2.45) is 5.41 Å². The van der Waals surface area contributed by atoms with Gasteiger partial charge < -0.3 is 14.8 Å². The van der Waals surface area contributed by atoms with Gasteiger partial charge in [0, 0.05) is 56.3 Å². The van der Waals surface area contributed by atoms with Crippen LogP contribution in [0.1, 0.15) is 36.9 Å². The number of carbonyl (C=O) groups excluding carboxylic acids is 1. The number of hydrogen-bond donors (Lipinski definition) is 1. The van der Waals surface area contributed by atoms with Crippen LogP contribution < -0.4 is 0 Å². The highest BCUT2D eigenvalue weighted by atomic mass is 16.2. The van der Waals surface area contributed by atoms with Gasteiger partial charge in [0.1, 0.15) is 0 Å². The second-order valence-electron chi connectivity index (χ2n) is 8.26. The van der Waals surface area contributed by atoms with E-state index >= 15 is 0 Å². The lowest BCUT2D eigenvalue weighted by atomic mass is 9.73. The SMILES string of the molecule is O=C1CCC2(CCCN(CCc3ccccc3)C2)CN1CCc1cnc[nH]1. The standard InChI is InChI=1S/C22H30N4O/c27-21-7-11-22(17-26(21)14-9-20-15-23-18-24-20)10-4-12-25(16-22)13-8-19-5-2-1-3-6-19/h1-3,5-6,15,18H,4,7-14,16-17H2,(H,23,24). The zero-order valence-electron chi connectivity index (χ0n) is 16.1. The number of piperidine rings is 2. The van der Waals surface area contributed by atoms with Crippen LogP contribution in [0.3, 0.4) is 0 Å². The van der Waals surface area contributed by atoms with E-state index in [9.17, 15) is 4.79 Å². The highest BCUT2D eigenvalue weighted by molar-refractivity contribution is 5.77. The molecule has 2 aliphatic heterocycles. The topological polar surface area (TPSA) is 52.2 Å². The second kappa shape index (κ2) is 8.26. The third-order valence-corrected chi connectivity index (χ3v) is 6.25. The zero-order chi connectivity index (χ0) is 18.5. The van der Waals surface area contributed by atoms with Gasteiger partial charge in [0.25, 0.3) is 0 Å². The van der Waals surface area contributed by atoms with Crippen LogP contribution in [0.5, 0.6) is 0 Å². The van der Waals surface area contributed by atoms with Crippen LogP contribution in [0.25, 0.3) is 0 Å². The van der Waals surface area contributed by atoms with Gasteiger partial charge in [0.05, 0.1) is 6.33 Å². The summed E-state index contributed by atoms with van der Waals surface area (Å²) in [4.78, 5) is 24.4. The Labute approximate surface area is 161 Å². The molecule has 3 heterocycles. The third-order valence-electron chi connectivity index (χ3n) is 6.25. The number of likely N-dealkylation sites (tertiary alicyclic amines) is 2. The van der Waals surface area contributed by atoms with Crippen LogP contribution in [-0.4, -0.2) is 58.4 Å². The number of benzene rings is 1. The van der Waals surface area contributed by atoms with Crippen LogP contribution in [0.2, 0.25) is 0 Å². The maximum Gasteiger partial charge on any atom is 0.222 e. The average molecular weight is 367 g/mol. The molecule has 0 saturated carbocycles. The van der Waals surface area contributed by atoms with E-state index in [2.05, 4.69) is 50.1 Å². The van der Waals surface area contributed by atoms with E-state index in [4.69, 9.17) is 0 Å². The molecule has 1 amide bonds. The third kappa shape index (κ3) is 4.59. The maximum atomic E-state index is 12.5. The van der Waals surface area contributed by atoms with Gasteiger partial charge in [0.15, 0.2) is 0 Å². The monoisotopic (exact) mass is 366 g/mol. The Hall–Kier alpha value is -2.14. The van der Waals surface area contributed by atoms with Crippen molar-refractivity contribution in [1.82, 2.24) is 19.8 Å². The first-order chi connectivity index (χ1) is 13.2. The smallest absolute Gasteiger partial charge is 0.222 e. The normalized spacial score (nSPS) is 23.9. The van der Waals surface area contributed by atoms with E-state index in [1.54, 1.807) is 6.33 Å². The van der Waals surface area contributed by atoms with Gasteiger partial charge in [-0.3, -0.25) is 4.79 Å². The van der Waals surface area contributed by atoms with E-state index < -0.39 is 0 Å². The molecule has 1 aromatic heterocycles. The molecule has 144 valence electrons. The van der Waals surface area contributed by atoms with Gasteiger partial charge in [0.2, 0.25) is 5.91 Å². The maximum absolute atomic E-state index is 12.5. The summed E-state index contributed by atoms with van der Waals surface area (Å²) >= 11 is 0. The molecule has 0 bridgehead atoms. The van der Waals surface area contributed by atoms with Crippen LogP contribution in [-0.2, 0) is 17.6 Å². The number of amides is 1. The first kappa shape index (κ1) is 18.2. The Morgan fingerprint density at radius 1 is 1.07 bits per heavy atom. The molecule has 0 radical (unpaired) electrons. The Morgan fingerprint density at radius 3 is 2.78 bits per heavy atom. The van der Waals surface area contributed by atoms with Gasteiger partial charge in [-0.05, 0) is 37.8 Å². The minimum absolute atomic E-state index is 0.289. The number of carbonyl (C=O) groups is 1. The summed E-state index contributed by atoms with van der Waals surface area (Å²) in [7, 11) is 0. The fourth-order valence-corrected chi connectivity index (χ4v) is 4.75. The average Bonchev–Trinajstić information content (AvgIpc) is 3.22. The van der Waals surface area contributed by atoms with Crippen molar-refractivity contribution in [2.75, 3.05) is 32.7 Å². The fourth-order valence-electron chi connectivity index (χ4n) is 4.75. The minimum atomic E-state index is 0.289. The van der Waals surface area contributed by atoms with Gasteiger partial charge in [-0.2, -0.15) is 0 Å². The predicted molar refractivity (Wildman–Crippen MR) is 106 cm³/mol. The molecule has 1 unspecified atom stereocenters. The highest BCUT2D eigenvalue weighted by Gasteiger charge is 2.41. The van der Waals surface area contributed by atoms with Crippen molar-refractivity contribution in [3.8, 4) is 0 Å². The number of nitrogens with one attached hydrogen (secondary N) is 1. The molecule has 2 fully saturated rings. The number of imidazole rings is 1. The number of rotatable bonds is 6. The van der Waals surface area contributed by atoms with Crippen LogP contribution >= 0.6 is 0 Å². The number of aromatic amines is 1. The molecule has 2 saturated heterocycles. The van der Waals surface area contributed by atoms with Crippen molar-refractivity contribution in [3.63, 3.8) is 0 Å². The molecule has 2 aliphatic rings. The molecular weight excluding hydrogens is 336 g/mol. The number of hydrogen-bond acceptors (Lipinski definition) is 3. The molecule has 1 aromatic carbocycles. The highest BCUT2D eigenvalue weighted by Crippen LogP contribution is 2.38. The predicted octanol–water partition coefficient (Wildman–Crippen LogP) is 2.90. The first-order valence-electron chi connectivity index (χ1n) is 10.2. The molecule has 1 spiro atoms. The van der Waals surface area contributed by atoms with Crippen LogP contribution in [0.15, 0.2) is 42.9 Å². The molecule has 1 atom stereocenters. The minimum Gasteiger partial charge on any atom is -0.348 e. The largest absolute Gasteiger partial charge is 0.348 e. The molecule has 2 aromatic rings. The lowest BCUT2D eigenvalue weighted by Crippen LogP contribution is -2.54. The number of H-pyrrole nitrogens is 1. The van der Waals surface area contributed by atoms with E-state index in [-0.39, 0.29) is 5.41 Å². The molecule has 27 heavy (non-hydrogen) atoms. The Kier molecular flexibility index (Phi) is 5.58. The van der Waals surface area contributed by atoms with Gasteiger partial charge in [-0.25, -0.2) is 4.98 Å². The van der Waals surface area contributed by atoms with E-state index in [1.165, 1.54) is 24.9 Å². The summed E-state index contributed by atoms with van der Waals surface area (Å²) in [6.07, 6.45) is 9.79. The number of aromatic nitrogens is 2. The summed E-state index contributed by atoms with van der Waals surface area (Å²) in [5.41, 5.74) is 2.81. The summed E-state index contributed by atoms with van der Waals surface area (Å²) in [6, 6.07) is 10.8. The van der Waals surface area contributed by atoms with Gasteiger partial charge >= 0.3 is 0 Å². The van der Waals surface area contributed by atoms with Crippen molar-refractivity contribution in [2.45, 2.75) is 38.5 Å².